The summed E-state index contributed by atoms with van der Waals surface area (Å²) in [4.78, 5) is 24.2. The van der Waals surface area contributed by atoms with Crippen molar-refractivity contribution in [3.63, 3.8) is 0 Å². The number of carbonyl (C=O) groups excluding carboxylic acids is 2. The maximum Gasteiger partial charge on any atom is 0.387 e. The Bertz CT molecular complexity index is 995. The van der Waals surface area contributed by atoms with Crippen molar-refractivity contribution in [2.45, 2.75) is 6.61 Å². The van der Waals surface area contributed by atoms with Gasteiger partial charge < -0.3 is 18.9 Å². The van der Waals surface area contributed by atoms with Gasteiger partial charge in [-0.2, -0.15) is 14.0 Å². The summed E-state index contributed by atoms with van der Waals surface area (Å²) < 4.78 is 43.7. The molecule has 7 nitrogen and oxygen atoms in total. The second-order valence-electron chi connectivity index (χ2n) is 5.68. The molecule has 1 heterocycles. The van der Waals surface area contributed by atoms with Crippen molar-refractivity contribution in [1.29, 1.82) is 5.26 Å². The molecule has 0 saturated carbocycles. The van der Waals surface area contributed by atoms with Crippen LogP contribution in [0, 0.1) is 11.3 Å². The average molecular weight is 401 g/mol. The zero-order valence-corrected chi connectivity index (χ0v) is 14.8. The highest BCUT2D eigenvalue weighted by atomic mass is 19.3. The number of hydrogen-bond acceptors (Lipinski definition) is 7. The molecule has 0 unspecified atom stereocenters. The van der Waals surface area contributed by atoms with Gasteiger partial charge in [0.05, 0.1) is 0 Å². The van der Waals surface area contributed by atoms with E-state index in [1.54, 1.807) is 24.3 Å². The molecule has 9 heteroatoms. The van der Waals surface area contributed by atoms with Gasteiger partial charge in [-0.15, -0.1) is 0 Å². The van der Waals surface area contributed by atoms with Crippen LogP contribution < -0.4 is 14.2 Å². The Labute approximate surface area is 163 Å². The van der Waals surface area contributed by atoms with Crippen LogP contribution in [0.5, 0.6) is 17.2 Å². The molecule has 0 amide bonds. The summed E-state index contributed by atoms with van der Waals surface area (Å²) in [6.45, 7) is -3.50. The van der Waals surface area contributed by atoms with Crippen LogP contribution in [0.2, 0.25) is 0 Å². The van der Waals surface area contributed by atoms with E-state index in [9.17, 15) is 23.6 Å². The van der Waals surface area contributed by atoms with Crippen LogP contribution >= 0.6 is 0 Å². The van der Waals surface area contributed by atoms with Gasteiger partial charge in [-0.3, -0.25) is 4.79 Å². The molecule has 1 aliphatic heterocycles. The van der Waals surface area contributed by atoms with Crippen molar-refractivity contribution in [2.24, 2.45) is 0 Å². The summed E-state index contributed by atoms with van der Waals surface area (Å²) in [5.74, 6) is -0.608. The van der Waals surface area contributed by atoms with E-state index < -0.39 is 25.0 Å². The highest BCUT2D eigenvalue weighted by Crippen LogP contribution is 2.33. The van der Waals surface area contributed by atoms with Crippen LogP contribution in [0.15, 0.2) is 48.0 Å². The van der Waals surface area contributed by atoms with Crippen molar-refractivity contribution in [2.75, 3.05) is 13.4 Å². The smallest absolute Gasteiger partial charge is 0.387 e. The first kappa shape index (κ1) is 19.8. The highest BCUT2D eigenvalue weighted by Gasteiger charge is 2.17. The predicted molar refractivity (Wildman–Crippen MR) is 94.5 cm³/mol. The molecule has 1 aliphatic rings. The summed E-state index contributed by atoms with van der Waals surface area (Å²) in [7, 11) is 0. The summed E-state index contributed by atoms with van der Waals surface area (Å²) in [5, 5.41) is 9.20. The molecule has 29 heavy (non-hydrogen) atoms. The maximum atomic E-state index is 12.1. The van der Waals surface area contributed by atoms with Gasteiger partial charge in [0.25, 0.3) is 0 Å². The van der Waals surface area contributed by atoms with Crippen molar-refractivity contribution in [1.82, 2.24) is 0 Å². The zero-order chi connectivity index (χ0) is 20.8. The third-order valence-electron chi connectivity index (χ3n) is 3.78. The van der Waals surface area contributed by atoms with E-state index in [2.05, 4.69) is 4.74 Å². The van der Waals surface area contributed by atoms with Crippen molar-refractivity contribution < 1.29 is 37.3 Å². The number of Topliss-reactive ketones (excluding diaryl/α,β-unsaturated/α-hetero) is 1. The molecule has 3 rings (SSSR count). The van der Waals surface area contributed by atoms with Crippen LogP contribution in [0.25, 0.3) is 6.08 Å². The minimum absolute atomic E-state index is 0.0903. The third kappa shape index (κ3) is 5.07. The molecule has 148 valence electrons. The first-order valence-corrected chi connectivity index (χ1v) is 8.23. The number of ether oxygens (including phenoxy) is 4. The number of ketones is 1. The molecule has 0 aromatic heterocycles. The summed E-state index contributed by atoms with van der Waals surface area (Å²) in [5.41, 5.74) is 0.346. The number of alkyl halides is 2. The lowest BCUT2D eigenvalue weighted by molar-refractivity contribution is -0.137. The number of benzene rings is 2. The number of carbonyl (C=O) groups is 2. The van der Waals surface area contributed by atoms with Crippen molar-refractivity contribution in [3.05, 3.63) is 59.2 Å². The van der Waals surface area contributed by atoms with E-state index >= 15 is 0 Å². The van der Waals surface area contributed by atoms with Gasteiger partial charge in [0.15, 0.2) is 23.9 Å². The van der Waals surface area contributed by atoms with Gasteiger partial charge in [-0.25, -0.2) is 4.79 Å². The Hall–Kier alpha value is -3.93. The number of nitrogens with zero attached hydrogens (tertiary/aromatic N) is 1. The predicted octanol–water partition coefficient (Wildman–Crippen LogP) is 3.35. The van der Waals surface area contributed by atoms with E-state index in [0.29, 0.717) is 17.1 Å². The van der Waals surface area contributed by atoms with Gasteiger partial charge >= 0.3 is 12.6 Å². The molecule has 0 fully saturated rings. The Morgan fingerprint density at radius 3 is 2.55 bits per heavy atom. The fraction of sp³-hybridized carbons (Fsp3) is 0.150. The summed E-state index contributed by atoms with van der Waals surface area (Å²) in [6.07, 6.45) is 1.30. The van der Waals surface area contributed by atoms with Crippen LogP contribution in [-0.4, -0.2) is 31.8 Å². The molecule has 0 saturated heterocycles. The number of rotatable bonds is 7. The van der Waals surface area contributed by atoms with Gasteiger partial charge in [0.2, 0.25) is 6.79 Å². The molecule has 0 N–H and O–H groups in total. The molecule has 0 spiro atoms. The monoisotopic (exact) mass is 401 g/mol. The van der Waals surface area contributed by atoms with E-state index in [4.69, 9.17) is 14.2 Å². The number of halogens is 2. The Morgan fingerprint density at radius 1 is 1.14 bits per heavy atom. The van der Waals surface area contributed by atoms with E-state index in [1.807, 2.05) is 0 Å². The SMILES string of the molecule is N#CC(=Cc1ccc2c(c1)OCO2)C(=O)OCC(=O)c1ccc(OC(F)F)cc1. The first-order valence-electron chi connectivity index (χ1n) is 8.23. The maximum absolute atomic E-state index is 12.1. The lowest BCUT2D eigenvalue weighted by Crippen LogP contribution is -2.15. The zero-order valence-electron chi connectivity index (χ0n) is 14.8. The van der Waals surface area contributed by atoms with Crippen LogP contribution in [0.3, 0.4) is 0 Å². The average Bonchev–Trinajstić information content (AvgIpc) is 3.18. The van der Waals surface area contributed by atoms with Crippen LogP contribution in [0.1, 0.15) is 15.9 Å². The van der Waals surface area contributed by atoms with Crippen LogP contribution in [-0.2, 0) is 9.53 Å². The second-order valence-corrected chi connectivity index (χ2v) is 5.68. The lowest BCUT2D eigenvalue weighted by Gasteiger charge is -2.06. The molecule has 0 radical (unpaired) electrons. The van der Waals surface area contributed by atoms with E-state index in [1.165, 1.54) is 30.3 Å². The van der Waals surface area contributed by atoms with Crippen molar-refractivity contribution in [3.8, 4) is 23.3 Å². The normalized spacial score (nSPS) is 12.4. The van der Waals surface area contributed by atoms with Crippen LogP contribution in [0.4, 0.5) is 8.78 Å². The fourth-order valence-electron chi connectivity index (χ4n) is 2.42. The number of fused-ring (bicyclic) bond motifs is 1. The quantitative estimate of drug-likeness (QED) is 0.304. The van der Waals surface area contributed by atoms with E-state index in [-0.39, 0.29) is 23.7 Å². The topological polar surface area (TPSA) is 94.9 Å². The third-order valence-corrected chi connectivity index (χ3v) is 3.78. The largest absolute Gasteiger partial charge is 0.454 e. The Kier molecular flexibility index (Phi) is 6.04. The number of hydrogen-bond donors (Lipinski definition) is 0. The molecule has 0 atom stereocenters. The summed E-state index contributed by atoms with van der Waals surface area (Å²) >= 11 is 0. The highest BCUT2D eigenvalue weighted by molar-refractivity contribution is 6.02. The number of nitriles is 1. The molecule has 2 aromatic carbocycles. The van der Waals surface area contributed by atoms with Gasteiger partial charge in [0.1, 0.15) is 17.4 Å². The van der Waals surface area contributed by atoms with Crippen molar-refractivity contribution >= 4 is 17.8 Å². The molecule has 0 aliphatic carbocycles. The lowest BCUT2D eigenvalue weighted by atomic mass is 10.1. The molecular weight excluding hydrogens is 388 g/mol. The first-order chi connectivity index (χ1) is 14.0. The standard InChI is InChI=1S/C20H13F2NO6/c21-20(22)29-15-4-2-13(3-5-15)16(24)10-26-19(25)14(9-23)7-12-1-6-17-18(8-12)28-11-27-17/h1-8,20H,10-11H2. The molecule has 2 aromatic rings. The van der Waals surface area contributed by atoms with Gasteiger partial charge in [0, 0.05) is 5.56 Å². The van der Waals surface area contributed by atoms with Gasteiger partial charge in [-0.1, -0.05) is 6.07 Å². The fourth-order valence-corrected chi connectivity index (χ4v) is 2.42. The molecule has 0 bridgehead atoms. The van der Waals surface area contributed by atoms with Gasteiger partial charge in [-0.05, 0) is 48.0 Å². The minimum Gasteiger partial charge on any atom is -0.454 e. The summed E-state index contributed by atoms with van der Waals surface area (Å²) in [6, 6.07) is 11.5. The minimum atomic E-state index is -2.97. The number of esters is 1. The van der Waals surface area contributed by atoms with E-state index in [0.717, 1.165) is 0 Å². The second kappa shape index (κ2) is 8.84. The Morgan fingerprint density at radius 2 is 1.86 bits per heavy atom. The molecular formula is C20H13F2NO6. The Balaban J connectivity index is 1.61.